The molecule has 0 radical (unpaired) electrons. The molecule has 1 aliphatic heterocycles. The highest BCUT2D eigenvalue weighted by atomic mass is 127. The van der Waals surface area contributed by atoms with Crippen LogP contribution in [0.3, 0.4) is 0 Å². The highest BCUT2D eigenvalue weighted by molar-refractivity contribution is 14.0. The molecule has 1 aliphatic rings. The molecule has 0 bridgehead atoms. The van der Waals surface area contributed by atoms with E-state index in [1.165, 1.54) is 0 Å². The average Bonchev–Trinajstić information content (AvgIpc) is 3.16. The first kappa shape index (κ1) is 23.3. The fourth-order valence-electron chi connectivity index (χ4n) is 3.16. The molecular formula is C22H30IN3O3. The van der Waals surface area contributed by atoms with Crippen LogP contribution >= 0.6 is 24.0 Å². The summed E-state index contributed by atoms with van der Waals surface area (Å²) in [6, 6.07) is 15.6. The number of nitrogens with zero attached hydrogens (tertiary/aromatic N) is 1. The molecule has 7 heteroatoms. The number of hydrogen-bond acceptors (Lipinski definition) is 4. The molecule has 2 aromatic carbocycles. The van der Waals surface area contributed by atoms with Gasteiger partial charge in [-0.2, -0.15) is 0 Å². The number of ether oxygens (including phenoxy) is 3. The number of methoxy groups -OCH3 is 1. The predicted molar refractivity (Wildman–Crippen MR) is 127 cm³/mol. The van der Waals surface area contributed by atoms with Crippen molar-refractivity contribution in [3.8, 4) is 17.2 Å². The highest BCUT2D eigenvalue weighted by Gasteiger charge is 2.29. The Balaban J connectivity index is 0.00000300. The summed E-state index contributed by atoms with van der Waals surface area (Å²) in [5.41, 5.74) is 1.04. The Morgan fingerprint density at radius 1 is 1.10 bits per heavy atom. The van der Waals surface area contributed by atoms with Crippen LogP contribution in [0.15, 0.2) is 53.5 Å². The van der Waals surface area contributed by atoms with Crippen molar-refractivity contribution in [1.82, 2.24) is 10.6 Å². The molecule has 0 aliphatic carbocycles. The number of nitrogens with one attached hydrogen (secondary N) is 2. The monoisotopic (exact) mass is 511 g/mol. The van der Waals surface area contributed by atoms with Crippen LogP contribution < -0.4 is 20.1 Å². The van der Waals surface area contributed by atoms with E-state index in [2.05, 4.69) is 22.5 Å². The first-order valence-corrected chi connectivity index (χ1v) is 9.60. The zero-order chi connectivity index (χ0) is 19.8. The molecule has 0 saturated carbocycles. The second-order valence-electron chi connectivity index (χ2n) is 7.08. The third kappa shape index (κ3) is 6.78. The number of aliphatic imine (C=N–C) groups is 1. The van der Waals surface area contributed by atoms with Gasteiger partial charge >= 0.3 is 0 Å². The number of para-hydroxylation sites is 2. The molecule has 0 amide bonds. The van der Waals surface area contributed by atoms with E-state index in [1.807, 2.05) is 48.5 Å². The number of halogens is 1. The normalized spacial score (nSPS) is 18.7. The zero-order valence-electron chi connectivity index (χ0n) is 17.2. The van der Waals surface area contributed by atoms with Gasteiger partial charge in [-0.15, -0.1) is 24.0 Å². The fourth-order valence-corrected chi connectivity index (χ4v) is 3.16. The first-order valence-electron chi connectivity index (χ1n) is 9.60. The Hall–Kier alpha value is -2.00. The van der Waals surface area contributed by atoms with Crippen LogP contribution in [0.25, 0.3) is 0 Å². The SMILES string of the molecule is CN=C(NCc1ccc(Oc2ccccc2OC)cc1)NCC1(C)CCCO1.I. The molecule has 29 heavy (non-hydrogen) atoms. The molecule has 1 saturated heterocycles. The van der Waals surface area contributed by atoms with Gasteiger partial charge in [-0.25, -0.2) is 0 Å². The molecule has 2 aromatic rings. The Kier molecular flexibility index (Phi) is 9.03. The van der Waals surface area contributed by atoms with Crippen LogP contribution in [0.4, 0.5) is 0 Å². The standard InChI is InChI=1S/C22H29N3O3.HI/c1-22(13-6-14-27-22)16-25-21(23-2)24-15-17-9-11-18(12-10-17)28-20-8-5-4-7-19(20)26-3;/h4-5,7-12H,6,13-16H2,1-3H3,(H2,23,24,25);1H. The van der Waals surface area contributed by atoms with E-state index in [0.717, 1.165) is 43.3 Å². The van der Waals surface area contributed by atoms with Gasteiger partial charge in [0.15, 0.2) is 17.5 Å². The van der Waals surface area contributed by atoms with Crippen molar-refractivity contribution in [2.75, 3.05) is 27.3 Å². The molecule has 1 atom stereocenters. The number of rotatable bonds is 7. The maximum atomic E-state index is 5.91. The number of hydrogen-bond donors (Lipinski definition) is 2. The largest absolute Gasteiger partial charge is 0.493 e. The molecule has 1 fully saturated rings. The summed E-state index contributed by atoms with van der Waals surface area (Å²) in [5.74, 6) is 2.94. The van der Waals surface area contributed by atoms with Crippen molar-refractivity contribution in [2.45, 2.75) is 31.9 Å². The molecule has 158 valence electrons. The Morgan fingerprint density at radius 3 is 2.45 bits per heavy atom. The maximum absolute atomic E-state index is 5.91. The van der Waals surface area contributed by atoms with Crippen LogP contribution in [0.2, 0.25) is 0 Å². The maximum Gasteiger partial charge on any atom is 0.191 e. The van der Waals surface area contributed by atoms with E-state index in [4.69, 9.17) is 14.2 Å². The number of benzene rings is 2. The predicted octanol–water partition coefficient (Wildman–Crippen LogP) is 4.34. The van der Waals surface area contributed by atoms with Gasteiger partial charge < -0.3 is 24.8 Å². The minimum Gasteiger partial charge on any atom is -0.493 e. The van der Waals surface area contributed by atoms with E-state index in [0.29, 0.717) is 18.0 Å². The highest BCUT2D eigenvalue weighted by Crippen LogP contribution is 2.30. The molecule has 0 aromatic heterocycles. The minimum atomic E-state index is -0.102. The quantitative estimate of drug-likeness (QED) is 0.329. The van der Waals surface area contributed by atoms with Gasteiger partial charge in [-0.3, -0.25) is 4.99 Å². The lowest BCUT2D eigenvalue weighted by atomic mass is 10.0. The lowest BCUT2D eigenvalue weighted by molar-refractivity contribution is 0.0243. The fraction of sp³-hybridized carbons (Fsp3) is 0.409. The van der Waals surface area contributed by atoms with Gasteiger partial charge in [0.1, 0.15) is 5.75 Å². The summed E-state index contributed by atoms with van der Waals surface area (Å²) in [6.07, 6.45) is 2.19. The van der Waals surface area contributed by atoms with E-state index in [-0.39, 0.29) is 29.6 Å². The summed E-state index contributed by atoms with van der Waals surface area (Å²) < 4.78 is 17.0. The zero-order valence-corrected chi connectivity index (χ0v) is 19.6. The molecule has 3 rings (SSSR count). The van der Waals surface area contributed by atoms with Crippen LogP contribution in [0, 0.1) is 0 Å². The number of guanidine groups is 1. The average molecular weight is 511 g/mol. The summed E-state index contributed by atoms with van der Waals surface area (Å²) in [4.78, 5) is 4.29. The lowest BCUT2D eigenvalue weighted by Crippen LogP contribution is -2.45. The van der Waals surface area contributed by atoms with Crippen LogP contribution in [-0.2, 0) is 11.3 Å². The van der Waals surface area contributed by atoms with Crippen molar-refractivity contribution in [2.24, 2.45) is 4.99 Å². The summed E-state index contributed by atoms with van der Waals surface area (Å²) >= 11 is 0. The van der Waals surface area contributed by atoms with Gasteiger partial charge in [-0.1, -0.05) is 24.3 Å². The van der Waals surface area contributed by atoms with Gasteiger partial charge in [0.25, 0.3) is 0 Å². The van der Waals surface area contributed by atoms with E-state index < -0.39 is 0 Å². The van der Waals surface area contributed by atoms with Crippen LogP contribution in [0.5, 0.6) is 17.2 Å². The van der Waals surface area contributed by atoms with Crippen molar-refractivity contribution < 1.29 is 14.2 Å². The third-order valence-electron chi connectivity index (χ3n) is 4.83. The van der Waals surface area contributed by atoms with Crippen molar-refractivity contribution in [1.29, 1.82) is 0 Å². The lowest BCUT2D eigenvalue weighted by Gasteiger charge is -2.24. The van der Waals surface area contributed by atoms with Gasteiger partial charge in [0.05, 0.1) is 12.7 Å². The van der Waals surface area contributed by atoms with Gasteiger partial charge in [0, 0.05) is 26.7 Å². The summed E-state index contributed by atoms with van der Waals surface area (Å²) in [5, 5.41) is 6.69. The van der Waals surface area contributed by atoms with Crippen molar-refractivity contribution >= 4 is 29.9 Å². The Morgan fingerprint density at radius 2 is 1.83 bits per heavy atom. The molecule has 0 spiro atoms. The van der Waals surface area contributed by atoms with E-state index in [9.17, 15) is 0 Å². The van der Waals surface area contributed by atoms with Gasteiger partial charge in [-0.05, 0) is 49.6 Å². The Bertz CT molecular complexity index is 790. The molecule has 1 heterocycles. The second kappa shape index (κ2) is 11.3. The van der Waals surface area contributed by atoms with Gasteiger partial charge in [0.2, 0.25) is 0 Å². The smallest absolute Gasteiger partial charge is 0.191 e. The molecule has 1 unspecified atom stereocenters. The minimum absolute atomic E-state index is 0. The van der Waals surface area contributed by atoms with Crippen LogP contribution in [0.1, 0.15) is 25.3 Å². The summed E-state index contributed by atoms with van der Waals surface area (Å²) in [7, 11) is 3.41. The third-order valence-corrected chi connectivity index (χ3v) is 4.83. The van der Waals surface area contributed by atoms with E-state index >= 15 is 0 Å². The summed E-state index contributed by atoms with van der Waals surface area (Å²) in [6.45, 7) is 4.40. The molecule has 6 nitrogen and oxygen atoms in total. The Labute approximate surface area is 190 Å². The van der Waals surface area contributed by atoms with Crippen molar-refractivity contribution in [3.63, 3.8) is 0 Å². The van der Waals surface area contributed by atoms with Crippen molar-refractivity contribution in [3.05, 3.63) is 54.1 Å². The molecular weight excluding hydrogens is 481 g/mol. The first-order chi connectivity index (χ1) is 13.6. The van der Waals surface area contributed by atoms with Crippen LogP contribution in [-0.4, -0.2) is 38.9 Å². The topological polar surface area (TPSA) is 64.1 Å². The molecule has 2 N–H and O–H groups in total. The second-order valence-corrected chi connectivity index (χ2v) is 7.08. The van der Waals surface area contributed by atoms with E-state index in [1.54, 1.807) is 14.2 Å².